The third-order valence-electron chi connectivity index (χ3n) is 1.87. The molecule has 0 aliphatic heterocycles. The maximum atomic E-state index is 11.4. The van der Waals surface area contributed by atoms with Crippen LogP contribution < -0.4 is 11.4 Å². The lowest BCUT2D eigenvalue weighted by atomic mass is 10.1. The Morgan fingerprint density at radius 2 is 2.00 bits per heavy atom. The van der Waals surface area contributed by atoms with Gasteiger partial charge in [0.2, 0.25) is 0 Å². The van der Waals surface area contributed by atoms with Gasteiger partial charge < -0.3 is 5.73 Å². The zero-order chi connectivity index (χ0) is 10.2. The smallest absolute Gasteiger partial charge is 0.349 e. The van der Waals surface area contributed by atoms with Crippen molar-refractivity contribution in [2.45, 2.75) is 33.2 Å². The molecule has 2 N–H and O–H groups in total. The second kappa shape index (κ2) is 2.87. The fourth-order valence-electron chi connectivity index (χ4n) is 1.04. The van der Waals surface area contributed by atoms with Gasteiger partial charge in [0.05, 0.1) is 0 Å². The molecule has 4 heteroatoms. The molecule has 0 spiro atoms. The minimum Gasteiger partial charge on any atom is -0.383 e. The van der Waals surface area contributed by atoms with Crippen molar-refractivity contribution in [3.05, 3.63) is 22.2 Å². The Hall–Kier alpha value is -1.32. The monoisotopic (exact) mass is 181 g/mol. The van der Waals surface area contributed by atoms with Crippen molar-refractivity contribution in [1.82, 2.24) is 9.55 Å². The zero-order valence-electron chi connectivity index (χ0n) is 8.46. The Balaban J connectivity index is 3.41. The van der Waals surface area contributed by atoms with Crippen LogP contribution in [-0.2, 0) is 5.54 Å². The van der Waals surface area contributed by atoms with Crippen molar-refractivity contribution >= 4 is 5.82 Å². The number of anilines is 1. The Bertz CT molecular complexity index is 373. The van der Waals surface area contributed by atoms with Crippen LogP contribution in [0.2, 0.25) is 0 Å². The van der Waals surface area contributed by atoms with E-state index >= 15 is 0 Å². The van der Waals surface area contributed by atoms with E-state index < -0.39 is 0 Å². The highest BCUT2D eigenvalue weighted by Crippen LogP contribution is 2.12. The fraction of sp³-hybridized carbons (Fsp3) is 0.556. The van der Waals surface area contributed by atoms with Crippen LogP contribution in [0.25, 0.3) is 0 Å². The number of hydrogen-bond donors (Lipinski definition) is 1. The van der Waals surface area contributed by atoms with Gasteiger partial charge in [-0.2, -0.15) is 4.98 Å². The van der Waals surface area contributed by atoms with Crippen LogP contribution in [0.5, 0.6) is 0 Å². The average Bonchev–Trinajstić information content (AvgIpc) is 1.94. The Labute approximate surface area is 77.4 Å². The minimum atomic E-state index is -0.296. The summed E-state index contributed by atoms with van der Waals surface area (Å²) in [6.45, 7) is 7.69. The molecule has 0 fully saturated rings. The molecule has 0 unspecified atom stereocenters. The SMILES string of the molecule is Cc1cn(C(C)(C)C)c(=O)nc1N. The molecule has 0 aromatic carbocycles. The number of nitrogens with two attached hydrogens (primary N) is 1. The van der Waals surface area contributed by atoms with Crippen LogP contribution >= 0.6 is 0 Å². The Morgan fingerprint density at radius 1 is 1.46 bits per heavy atom. The van der Waals surface area contributed by atoms with Gasteiger partial charge in [0.1, 0.15) is 5.82 Å². The highest BCUT2D eigenvalue weighted by molar-refractivity contribution is 5.35. The van der Waals surface area contributed by atoms with Crippen molar-refractivity contribution in [2.24, 2.45) is 0 Å². The first-order valence-corrected chi connectivity index (χ1v) is 4.18. The molecule has 1 aromatic rings. The summed E-state index contributed by atoms with van der Waals surface area (Å²) in [5.74, 6) is 0.311. The molecule has 0 aliphatic rings. The second-order valence-corrected chi connectivity index (χ2v) is 4.13. The maximum absolute atomic E-state index is 11.4. The predicted octanol–water partition coefficient (Wildman–Crippen LogP) is 0.889. The van der Waals surface area contributed by atoms with Gasteiger partial charge in [-0.05, 0) is 27.7 Å². The van der Waals surface area contributed by atoms with Gasteiger partial charge in [-0.15, -0.1) is 0 Å². The van der Waals surface area contributed by atoms with E-state index in [0.717, 1.165) is 5.56 Å². The van der Waals surface area contributed by atoms with Crippen LogP contribution in [0.3, 0.4) is 0 Å². The standard InChI is InChI=1S/C9H15N3O/c1-6-5-12(9(2,3)4)8(13)11-7(6)10/h5H,1-4H3,(H2,10,11,13). The van der Waals surface area contributed by atoms with E-state index in [0.29, 0.717) is 5.82 Å². The summed E-state index contributed by atoms with van der Waals surface area (Å²) in [6.07, 6.45) is 1.74. The van der Waals surface area contributed by atoms with Gasteiger partial charge in [-0.1, -0.05) is 0 Å². The molecule has 13 heavy (non-hydrogen) atoms. The van der Waals surface area contributed by atoms with Crippen LogP contribution in [0, 0.1) is 6.92 Å². The van der Waals surface area contributed by atoms with E-state index in [-0.39, 0.29) is 11.2 Å². The van der Waals surface area contributed by atoms with Crippen molar-refractivity contribution < 1.29 is 0 Å². The summed E-state index contributed by atoms with van der Waals surface area (Å²) in [7, 11) is 0. The molecule has 0 atom stereocenters. The van der Waals surface area contributed by atoms with E-state index in [9.17, 15) is 4.79 Å². The number of hydrogen-bond acceptors (Lipinski definition) is 3. The van der Waals surface area contributed by atoms with Gasteiger partial charge >= 0.3 is 5.69 Å². The Kier molecular flexibility index (Phi) is 2.15. The summed E-state index contributed by atoms with van der Waals surface area (Å²) in [5, 5.41) is 0. The summed E-state index contributed by atoms with van der Waals surface area (Å²) < 4.78 is 1.58. The molecular formula is C9H15N3O. The molecule has 1 heterocycles. The summed E-state index contributed by atoms with van der Waals surface area (Å²) in [6, 6.07) is 0. The lowest BCUT2D eigenvalue weighted by molar-refractivity contribution is 0.377. The molecule has 72 valence electrons. The fourth-order valence-corrected chi connectivity index (χ4v) is 1.04. The molecule has 0 bridgehead atoms. The minimum absolute atomic E-state index is 0.247. The zero-order valence-corrected chi connectivity index (χ0v) is 8.46. The maximum Gasteiger partial charge on any atom is 0.349 e. The van der Waals surface area contributed by atoms with Crippen molar-refractivity contribution in [3.8, 4) is 0 Å². The largest absolute Gasteiger partial charge is 0.383 e. The lowest BCUT2D eigenvalue weighted by Gasteiger charge is -2.22. The molecule has 4 nitrogen and oxygen atoms in total. The Morgan fingerprint density at radius 3 is 2.46 bits per heavy atom. The van der Waals surface area contributed by atoms with Gasteiger partial charge in [0.15, 0.2) is 0 Å². The highest BCUT2D eigenvalue weighted by Gasteiger charge is 2.15. The van der Waals surface area contributed by atoms with Crippen LogP contribution in [-0.4, -0.2) is 9.55 Å². The van der Waals surface area contributed by atoms with Crippen LogP contribution in [0.1, 0.15) is 26.3 Å². The third kappa shape index (κ3) is 1.88. The van der Waals surface area contributed by atoms with Crippen molar-refractivity contribution in [2.75, 3.05) is 5.73 Å². The van der Waals surface area contributed by atoms with E-state index in [2.05, 4.69) is 4.98 Å². The average molecular weight is 181 g/mol. The summed E-state index contributed by atoms with van der Waals surface area (Å²) in [4.78, 5) is 15.1. The van der Waals surface area contributed by atoms with Crippen molar-refractivity contribution in [1.29, 1.82) is 0 Å². The molecule has 0 saturated carbocycles. The van der Waals surface area contributed by atoms with Gasteiger partial charge in [-0.3, -0.25) is 4.57 Å². The molecule has 1 rings (SSSR count). The number of aryl methyl sites for hydroxylation is 1. The second-order valence-electron chi connectivity index (χ2n) is 4.13. The van der Waals surface area contributed by atoms with Gasteiger partial charge in [-0.25, -0.2) is 4.79 Å². The molecule has 0 radical (unpaired) electrons. The van der Waals surface area contributed by atoms with Gasteiger partial charge in [0, 0.05) is 17.3 Å². The van der Waals surface area contributed by atoms with E-state index in [1.807, 2.05) is 27.7 Å². The molecular weight excluding hydrogens is 166 g/mol. The quantitative estimate of drug-likeness (QED) is 0.646. The highest BCUT2D eigenvalue weighted by atomic mass is 16.1. The van der Waals surface area contributed by atoms with E-state index in [1.165, 1.54) is 0 Å². The normalized spacial score (nSPS) is 11.7. The van der Waals surface area contributed by atoms with Crippen molar-refractivity contribution in [3.63, 3.8) is 0 Å². The van der Waals surface area contributed by atoms with Gasteiger partial charge in [0.25, 0.3) is 0 Å². The molecule has 0 amide bonds. The first kappa shape index (κ1) is 9.77. The number of nitrogen functional groups attached to an aromatic ring is 1. The molecule has 1 aromatic heterocycles. The topological polar surface area (TPSA) is 60.9 Å². The summed E-state index contributed by atoms with van der Waals surface area (Å²) in [5.41, 5.74) is 5.79. The van der Waals surface area contributed by atoms with Crippen LogP contribution in [0.15, 0.2) is 11.0 Å². The van der Waals surface area contributed by atoms with Crippen LogP contribution in [0.4, 0.5) is 5.82 Å². The first-order chi connectivity index (χ1) is 5.82. The number of rotatable bonds is 0. The number of aromatic nitrogens is 2. The summed E-state index contributed by atoms with van der Waals surface area (Å²) >= 11 is 0. The first-order valence-electron chi connectivity index (χ1n) is 4.18. The number of nitrogens with zero attached hydrogens (tertiary/aromatic N) is 2. The van der Waals surface area contributed by atoms with E-state index in [4.69, 9.17) is 5.73 Å². The lowest BCUT2D eigenvalue weighted by Crippen LogP contribution is -2.35. The predicted molar refractivity (Wildman–Crippen MR) is 52.6 cm³/mol. The molecule has 0 aliphatic carbocycles. The molecule has 0 saturated heterocycles. The third-order valence-corrected chi connectivity index (χ3v) is 1.87. The van der Waals surface area contributed by atoms with E-state index in [1.54, 1.807) is 10.8 Å².